The normalized spacial score (nSPS) is 13.2. The number of nitrogens with two attached hydrogens (primary N) is 1. The number of fused-ring (bicyclic) bond motifs is 2. The Labute approximate surface area is 195 Å². The molecule has 1 aliphatic rings. The summed E-state index contributed by atoms with van der Waals surface area (Å²) in [5.41, 5.74) is 8.56. The van der Waals surface area contributed by atoms with E-state index in [1.54, 1.807) is 16.7 Å². The number of anilines is 2. The molecule has 1 aliphatic heterocycles. The zero-order valence-corrected chi connectivity index (χ0v) is 18.9. The van der Waals surface area contributed by atoms with Gasteiger partial charge in [-0.3, -0.25) is 9.36 Å². The number of rotatable bonds is 5. The zero-order valence-electron chi connectivity index (χ0n) is 18.9. The molecule has 2 aromatic heterocycles. The Morgan fingerprint density at radius 1 is 1.15 bits per heavy atom. The quantitative estimate of drug-likeness (QED) is 0.466. The van der Waals surface area contributed by atoms with Crippen LogP contribution in [0.4, 0.5) is 20.4 Å². The molecule has 0 saturated carbocycles. The summed E-state index contributed by atoms with van der Waals surface area (Å²) in [6.45, 7) is 3.07. The lowest BCUT2D eigenvalue weighted by Gasteiger charge is -2.28. The van der Waals surface area contributed by atoms with E-state index in [4.69, 9.17) is 15.7 Å². The van der Waals surface area contributed by atoms with Crippen molar-refractivity contribution in [3.8, 4) is 5.95 Å². The molecule has 0 aliphatic carbocycles. The van der Waals surface area contributed by atoms with E-state index in [9.17, 15) is 13.6 Å². The third-order valence-electron chi connectivity index (χ3n) is 6.14. The summed E-state index contributed by atoms with van der Waals surface area (Å²) >= 11 is 0. The molecular formula is C25H24F2N6O. The van der Waals surface area contributed by atoms with Crippen molar-refractivity contribution in [2.45, 2.75) is 26.3 Å². The Balaban J connectivity index is 1.66. The minimum Gasteiger partial charge on any atom is -0.366 e. The van der Waals surface area contributed by atoms with Crippen molar-refractivity contribution < 1.29 is 13.6 Å². The van der Waals surface area contributed by atoms with Gasteiger partial charge < -0.3 is 16.0 Å². The molecule has 174 valence electrons. The van der Waals surface area contributed by atoms with Crippen molar-refractivity contribution in [3.05, 3.63) is 76.5 Å². The van der Waals surface area contributed by atoms with Crippen LogP contribution in [0.15, 0.2) is 42.5 Å². The van der Waals surface area contributed by atoms with Gasteiger partial charge in [-0.2, -0.15) is 9.97 Å². The number of primary amides is 1. The van der Waals surface area contributed by atoms with E-state index < -0.39 is 11.7 Å². The van der Waals surface area contributed by atoms with Crippen LogP contribution in [0.5, 0.6) is 0 Å². The van der Waals surface area contributed by atoms with Gasteiger partial charge in [-0.15, -0.1) is 0 Å². The number of halogens is 2. The van der Waals surface area contributed by atoms with Gasteiger partial charge in [-0.25, -0.2) is 8.78 Å². The molecule has 7 nitrogen and oxygen atoms in total. The van der Waals surface area contributed by atoms with E-state index in [2.05, 4.69) is 10.2 Å². The van der Waals surface area contributed by atoms with Crippen molar-refractivity contribution in [2.75, 3.05) is 23.8 Å². The molecule has 5 rings (SSSR count). The van der Waals surface area contributed by atoms with E-state index in [-0.39, 0.29) is 11.4 Å². The van der Waals surface area contributed by atoms with Crippen molar-refractivity contribution in [1.29, 1.82) is 0 Å². The number of amides is 1. The van der Waals surface area contributed by atoms with E-state index in [1.165, 1.54) is 18.2 Å². The van der Waals surface area contributed by atoms with Crippen molar-refractivity contribution >= 4 is 28.4 Å². The third kappa shape index (κ3) is 3.83. The molecule has 2 aromatic carbocycles. The van der Waals surface area contributed by atoms with Crippen LogP contribution in [-0.2, 0) is 13.0 Å². The zero-order chi connectivity index (χ0) is 24.0. The summed E-state index contributed by atoms with van der Waals surface area (Å²) in [6, 6.07) is 10.7. The van der Waals surface area contributed by atoms with E-state index in [0.29, 0.717) is 29.2 Å². The first-order chi connectivity index (χ1) is 16.3. The van der Waals surface area contributed by atoms with Gasteiger partial charge in [0.15, 0.2) is 0 Å². The molecule has 3 heterocycles. The molecule has 0 fully saturated rings. The van der Waals surface area contributed by atoms with Crippen LogP contribution < -0.4 is 16.0 Å². The molecule has 0 unspecified atom stereocenters. The molecule has 3 N–H and O–H groups in total. The average Bonchev–Trinajstić information content (AvgIpc) is 3.12. The Bertz CT molecular complexity index is 1430. The Morgan fingerprint density at radius 3 is 2.74 bits per heavy atom. The summed E-state index contributed by atoms with van der Waals surface area (Å²) in [5, 5.41) is 3.88. The highest BCUT2D eigenvalue weighted by Crippen LogP contribution is 2.33. The van der Waals surface area contributed by atoms with Gasteiger partial charge in [0.1, 0.15) is 23.3 Å². The standard InChI is InChI=1S/C25H24F2N6O/c1-14-9-19-20(22(28)34)11-17(27)12-21(19)33(14)25-30-23(18-7-4-8-32(2)24(18)31-25)29-13-15-5-3-6-16(26)10-15/h3,5-6,9-12H,4,7-8,13H2,1-2H3,(H2,28,34)(H,29,30,31). The van der Waals surface area contributed by atoms with Crippen LogP contribution in [0.2, 0.25) is 0 Å². The fourth-order valence-electron chi connectivity index (χ4n) is 4.56. The van der Waals surface area contributed by atoms with Crippen LogP contribution in [0, 0.1) is 18.6 Å². The number of aryl methyl sites for hydroxylation is 1. The van der Waals surface area contributed by atoms with Gasteiger partial charge in [0.05, 0.1) is 11.1 Å². The molecule has 0 saturated heterocycles. The first-order valence-corrected chi connectivity index (χ1v) is 11.0. The summed E-state index contributed by atoms with van der Waals surface area (Å²) in [6.07, 6.45) is 1.76. The number of nitrogens with zero attached hydrogens (tertiary/aromatic N) is 4. The van der Waals surface area contributed by atoms with Gasteiger partial charge in [0.25, 0.3) is 0 Å². The second kappa shape index (κ2) is 8.40. The van der Waals surface area contributed by atoms with Gasteiger partial charge >= 0.3 is 0 Å². The number of aromatic nitrogens is 3. The summed E-state index contributed by atoms with van der Waals surface area (Å²) in [5.74, 6) is 0.202. The highest BCUT2D eigenvalue weighted by atomic mass is 19.1. The first kappa shape index (κ1) is 21.8. The number of carbonyl (C=O) groups excluding carboxylic acids is 1. The Morgan fingerprint density at radius 2 is 1.97 bits per heavy atom. The predicted molar refractivity (Wildman–Crippen MR) is 127 cm³/mol. The van der Waals surface area contributed by atoms with E-state index in [1.807, 2.05) is 20.0 Å². The number of benzene rings is 2. The minimum absolute atomic E-state index is 0.108. The fraction of sp³-hybridized carbons (Fsp3) is 0.240. The molecule has 0 radical (unpaired) electrons. The molecule has 0 spiro atoms. The third-order valence-corrected chi connectivity index (χ3v) is 6.14. The Hall–Kier alpha value is -4.01. The van der Waals surface area contributed by atoms with Gasteiger partial charge in [0, 0.05) is 36.8 Å². The topological polar surface area (TPSA) is 89.1 Å². The number of nitrogens with one attached hydrogen (secondary N) is 1. The lowest BCUT2D eigenvalue weighted by Crippen LogP contribution is -2.28. The largest absolute Gasteiger partial charge is 0.366 e. The van der Waals surface area contributed by atoms with Crippen LogP contribution in [0.1, 0.15) is 33.6 Å². The molecule has 34 heavy (non-hydrogen) atoms. The highest BCUT2D eigenvalue weighted by molar-refractivity contribution is 6.06. The van der Waals surface area contributed by atoms with Crippen molar-refractivity contribution in [1.82, 2.24) is 14.5 Å². The maximum atomic E-state index is 14.4. The number of hydrogen-bond acceptors (Lipinski definition) is 5. The summed E-state index contributed by atoms with van der Waals surface area (Å²) in [4.78, 5) is 23.6. The first-order valence-electron chi connectivity index (χ1n) is 11.0. The molecule has 4 aromatic rings. The molecular weight excluding hydrogens is 438 g/mol. The molecule has 9 heteroatoms. The van der Waals surface area contributed by atoms with Gasteiger partial charge in [-0.05, 0) is 55.7 Å². The number of carbonyl (C=O) groups is 1. The molecule has 0 bridgehead atoms. The highest BCUT2D eigenvalue weighted by Gasteiger charge is 2.24. The smallest absolute Gasteiger partial charge is 0.249 e. The van der Waals surface area contributed by atoms with Crippen LogP contribution >= 0.6 is 0 Å². The van der Waals surface area contributed by atoms with Crippen LogP contribution in [0.25, 0.3) is 16.9 Å². The minimum atomic E-state index is -0.704. The molecule has 0 atom stereocenters. The molecule has 1 amide bonds. The van der Waals surface area contributed by atoms with E-state index >= 15 is 0 Å². The SMILES string of the molecule is Cc1cc2c(C(N)=O)cc(F)cc2n1-c1nc(NCc2cccc(F)c2)c2c(n1)N(C)CCC2. The van der Waals surface area contributed by atoms with Crippen LogP contribution in [-0.4, -0.2) is 34.0 Å². The summed E-state index contributed by atoms with van der Waals surface area (Å²) in [7, 11) is 1.97. The van der Waals surface area contributed by atoms with Crippen molar-refractivity contribution in [3.63, 3.8) is 0 Å². The van der Waals surface area contributed by atoms with Gasteiger partial charge in [-0.1, -0.05) is 12.1 Å². The van der Waals surface area contributed by atoms with E-state index in [0.717, 1.165) is 48.1 Å². The maximum absolute atomic E-state index is 14.4. The Kier molecular flexibility index (Phi) is 5.39. The van der Waals surface area contributed by atoms with Crippen LogP contribution in [0.3, 0.4) is 0 Å². The monoisotopic (exact) mass is 462 g/mol. The lowest BCUT2D eigenvalue weighted by molar-refractivity contribution is 0.100. The second-order valence-electron chi connectivity index (χ2n) is 8.55. The fourth-order valence-corrected chi connectivity index (χ4v) is 4.56. The van der Waals surface area contributed by atoms with Crippen molar-refractivity contribution in [2.24, 2.45) is 5.73 Å². The summed E-state index contributed by atoms with van der Waals surface area (Å²) < 4.78 is 29.8. The average molecular weight is 463 g/mol. The lowest BCUT2D eigenvalue weighted by atomic mass is 10.1. The number of hydrogen-bond donors (Lipinski definition) is 2. The predicted octanol–water partition coefficient (Wildman–Crippen LogP) is 4.10. The maximum Gasteiger partial charge on any atom is 0.249 e. The van der Waals surface area contributed by atoms with Gasteiger partial charge in [0.2, 0.25) is 11.9 Å². The second-order valence-corrected chi connectivity index (χ2v) is 8.55.